The predicted molar refractivity (Wildman–Crippen MR) is 50.5 cm³/mol. The Morgan fingerprint density at radius 3 is 3.00 bits per heavy atom. The zero-order chi connectivity index (χ0) is 10.6. The molecule has 6 heteroatoms. The van der Waals surface area contributed by atoms with Crippen LogP contribution in [0.1, 0.15) is 6.92 Å². The van der Waals surface area contributed by atoms with Crippen molar-refractivity contribution >= 4 is 8.69 Å². The molecule has 1 aliphatic rings. The SMILES string of the molecule is COC1=C(C)C(O)(COP=O)NC=C1. The monoisotopic (exact) mass is 217 g/mol. The van der Waals surface area contributed by atoms with E-state index in [1.807, 2.05) is 0 Å². The van der Waals surface area contributed by atoms with Gasteiger partial charge in [-0.15, -0.1) is 0 Å². The van der Waals surface area contributed by atoms with Crippen molar-refractivity contribution < 1.29 is 18.9 Å². The molecule has 0 aliphatic carbocycles. The predicted octanol–water partition coefficient (Wildman–Crippen LogP) is 0.936. The molecule has 1 heterocycles. The average Bonchev–Trinajstić information content (AvgIpc) is 2.20. The fourth-order valence-electron chi connectivity index (χ4n) is 1.18. The maximum Gasteiger partial charge on any atom is 0.327 e. The molecule has 0 fully saturated rings. The average molecular weight is 217 g/mol. The highest BCUT2D eigenvalue weighted by Crippen LogP contribution is 2.23. The largest absolute Gasteiger partial charge is 0.497 e. The summed E-state index contributed by atoms with van der Waals surface area (Å²) in [6.07, 6.45) is 3.25. The number of hydrogen-bond donors (Lipinski definition) is 2. The van der Waals surface area contributed by atoms with Gasteiger partial charge in [0, 0.05) is 11.8 Å². The van der Waals surface area contributed by atoms with Gasteiger partial charge in [0.25, 0.3) is 0 Å². The second-order valence-corrected chi connectivity index (χ2v) is 3.29. The van der Waals surface area contributed by atoms with Crippen LogP contribution >= 0.6 is 8.69 Å². The van der Waals surface area contributed by atoms with Gasteiger partial charge in [-0.1, -0.05) is 0 Å². The molecule has 5 nitrogen and oxygen atoms in total. The van der Waals surface area contributed by atoms with Gasteiger partial charge < -0.3 is 15.2 Å². The molecule has 0 saturated heterocycles. The van der Waals surface area contributed by atoms with Crippen molar-refractivity contribution in [3.63, 3.8) is 0 Å². The normalized spacial score (nSPS) is 26.5. The summed E-state index contributed by atoms with van der Waals surface area (Å²) in [5.74, 6) is 0.567. The second kappa shape index (κ2) is 4.55. The van der Waals surface area contributed by atoms with Crippen LogP contribution in [0.4, 0.5) is 0 Å². The number of hydrogen-bond acceptors (Lipinski definition) is 5. The Morgan fingerprint density at radius 2 is 2.43 bits per heavy atom. The van der Waals surface area contributed by atoms with Gasteiger partial charge in [-0.2, -0.15) is 0 Å². The molecule has 0 saturated carbocycles. The summed E-state index contributed by atoms with van der Waals surface area (Å²) < 4.78 is 19.8. The summed E-state index contributed by atoms with van der Waals surface area (Å²) in [5.41, 5.74) is -0.761. The van der Waals surface area contributed by atoms with Gasteiger partial charge in [0.05, 0.1) is 7.11 Å². The molecule has 0 bridgehead atoms. The summed E-state index contributed by atoms with van der Waals surface area (Å²) in [5, 5.41) is 12.7. The highest BCUT2D eigenvalue weighted by Gasteiger charge is 2.33. The van der Waals surface area contributed by atoms with Gasteiger partial charge in [0.15, 0.2) is 5.72 Å². The molecule has 1 atom stereocenters. The summed E-state index contributed by atoms with van der Waals surface area (Å²) >= 11 is 0. The van der Waals surface area contributed by atoms with E-state index in [2.05, 4.69) is 9.84 Å². The fourth-order valence-corrected chi connectivity index (χ4v) is 1.42. The van der Waals surface area contributed by atoms with Gasteiger partial charge >= 0.3 is 8.69 Å². The molecule has 0 spiro atoms. The lowest BCUT2D eigenvalue weighted by Crippen LogP contribution is -2.49. The van der Waals surface area contributed by atoms with Crippen molar-refractivity contribution in [3.8, 4) is 0 Å². The summed E-state index contributed by atoms with van der Waals surface area (Å²) in [4.78, 5) is 0. The molecular weight excluding hydrogens is 205 g/mol. The van der Waals surface area contributed by atoms with Crippen molar-refractivity contribution in [1.29, 1.82) is 0 Å². The maximum atomic E-state index is 10.1. The van der Waals surface area contributed by atoms with E-state index in [4.69, 9.17) is 4.74 Å². The smallest absolute Gasteiger partial charge is 0.327 e. The number of rotatable bonds is 4. The van der Waals surface area contributed by atoms with E-state index in [1.54, 1.807) is 19.2 Å². The minimum absolute atomic E-state index is 0.110. The molecule has 1 aliphatic heterocycles. The number of allylic oxidation sites excluding steroid dienone is 1. The van der Waals surface area contributed by atoms with E-state index >= 15 is 0 Å². The topological polar surface area (TPSA) is 67.8 Å². The molecule has 14 heavy (non-hydrogen) atoms. The lowest BCUT2D eigenvalue weighted by Gasteiger charge is -2.31. The van der Waals surface area contributed by atoms with Crippen molar-refractivity contribution in [1.82, 2.24) is 5.32 Å². The van der Waals surface area contributed by atoms with Crippen LogP contribution in [0, 0.1) is 0 Å². The van der Waals surface area contributed by atoms with Crippen molar-refractivity contribution in [2.45, 2.75) is 12.6 Å². The van der Waals surface area contributed by atoms with E-state index in [-0.39, 0.29) is 6.61 Å². The maximum absolute atomic E-state index is 10.1. The van der Waals surface area contributed by atoms with E-state index in [1.165, 1.54) is 7.11 Å². The van der Waals surface area contributed by atoms with Crippen LogP contribution in [0.15, 0.2) is 23.6 Å². The Kier molecular flexibility index (Phi) is 3.63. The fraction of sp³-hybridized carbons (Fsp3) is 0.500. The van der Waals surface area contributed by atoms with E-state index < -0.39 is 14.4 Å². The molecular formula is C8H12NO4P. The minimum atomic E-state index is -1.35. The zero-order valence-corrected chi connectivity index (χ0v) is 8.88. The number of aliphatic hydroxyl groups is 1. The highest BCUT2D eigenvalue weighted by atomic mass is 31.1. The molecule has 0 aromatic carbocycles. The van der Waals surface area contributed by atoms with Crippen LogP contribution in [0.5, 0.6) is 0 Å². The van der Waals surface area contributed by atoms with Crippen LogP contribution < -0.4 is 5.32 Å². The van der Waals surface area contributed by atoms with Crippen molar-refractivity contribution in [2.24, 2.45) is 0 Å². The van der Waals surface area contributed by atoms with E-state index in [0.717, 1.165) is 0 Å². The first-order valence-electron chi connectivity index (χ1n) is 4.00. The summed E-state index contributed by atoms with van der Waals surface area (Å²) in [6, 6.07) is 0. The lowest BCUT2D eigenvalue weighted by atomic mass is 10.0. The van der Waals surface area contributed by atoms with Crippen LogP contribution in [0.3, 0.4) is 0 Å². The standard InChI is InChI=1S/C8H12NO4P/c1-6-7(12-2)3-4-9-8(6,10)5-13-14-11/h3-4,9-10H,5H2,1-2H3. The Balaban J connectivity index is 2.84. The third-order valence-corrected chi connectivity index (χ3v) is 2.33. The van der Waals surface area contributed by atoms with Gasteiger partial charge in [0.2, 0.25) is 0 Å². The second-order valence-electron chi connectivity index (χ2n) is 2.88. The van der Waals surface area contributed by atoms with Crippen LogP contribution in [-0.4, -0.2) is 24.5 Å². The van der Waals surface area contributed by atoms with Crippen LogP contribution in [0.25, 0.3) is 0 Å². The Morgan fingerprint density at radius 1 is 1.71 bits per heavy atom. The number of ether oxygens (including phenoxy) is 1. The number of methoxy groups -OCH3 is 1. The molecule has 0 aromatic heterocycles. The molecule has 0 aromatic rings. The lowest BCUT2D eigenvalue weighted by molar-refractivity contribution is 0.00721. The first-order valence-corrected chi connectivity index (χ1v) is 4.73. The van der Waals surface area contributed by atoms with Crippen LogP contribution in [0.2, 0.25) is 0 Å². The Labute approximate surface area is 83.7 Å². The van der Waals surface area contributed by atoms with Gasteiger partial charge in [-0.25, -0.2) is 4.57 Å². The van der Waals surface area contributed by atoms with Crippen molar-refractivity contribution in [3.05, 3.63) is 23.6 Å². The molecule has 1 unspecified atom stereocenters. The highest BCUT2D eigenvalue weighted by molar-refractivity contribution is 7.17. The van der Waals surface area contributed by atoms with Gasteiger partial charge in [-0.05, 0) is 13.0 Å². The molecule has 2 N–H and O–H groups in total. The van der Waals surface area contributed by atoms with Crippen LogP contribution in [-0.2, 0) is 13.8 Å². The minimum Gasteiger partial charge on any atom is -0.497 e. The molecule has 0 radical (unpaired) electrons. The molecule has 0 amide bonds. The molecule has 78 valence electrons. The van der Waals surface area contributed by atoms with Gasteiger partial charge in [-0.3, -0.25) is 4.52 Å². The van der Waals surface area contributed by atoms with E-state index in [9.17, 15) is 9.67 Å². The number of dihydropyridines is 1. The zero-order valence-electron chi connectivity index (χ0n) is 7.98. The van der Waals surface area contributed by atoms with E-state index in [0.29, 0.717) is 11.3 Å². The molecule has 1 rings (SSSR count). The third kappa shape index (κ3) is 2.12. The summed E-state index contributed by atoms with van der Waals surface area (Å²) in [6.45, 7) is 1.60. The van der Waals surface area contributed by atoms with Gasteiger partial charge in [0.1, 0.15) is 12.4 Å². The Bertz CT molecular complexity index is 289. The summed E-state index contributed by atoms with van der Waals surface area (Å²) in [7, 11) is 1.05. The Hall–Kier alpha value is -0.900. The van der Waals surface area contributed by atoms with Crippen molar-refractivity contribution in [2.75, 3.05) is 13.7 Å². The third-order valence-electron chi connectivity index (χ3n) is 2.09. The first kappa shape index (κ1) is 11.2. The first-order chi connectivity index (χ1) is 6.64. The quantitative estimate of drug-likeness (QED) is 0.686. The number of nitrogens with one attached hydrogen (secondary N) is 1.